The normalized spacial score (nSPS) is 16.0. The van der Waals surface area contributed by atoms with Crippen molar-refractivity contribution in [1.82, 2.24) is 0 Å². The van der Waals surface area contributed by atoms with Crippen LogP contribution in [0.5, 0.6) is 0 Å². The Balaban J connectivity index is 3.99. The molecule has 0 heterocycles. The molecule has 3 heteroatoms. The van der Waals surface area contributed by atoms with Gasteiger partial charge in [0.05, 0.1) is 0 Å². The lowest BCUT2D eigenvalue weighted by atomic mass is 10.3. The van der Waals surface area contributed by atoms with E-state index in [0.29, 0.717) is 0 Å². The lowest BCUT2D eigenvalue weighted by molar-refractivity contribution is 0.536. The maximum atomic E-state index is 6.45. The molecule has 0 aliphatic rings. The average molecular weight is 247 g/mol. The van der Waals surface area contributed by atoms with Crippen LogP contribution in [0.2, 0.25) is 24.2 Å². The molecule has 0 radical (unpaired) electrons. The minimum atomic E-state index is -0.843. The molecule has 0 aromatic carbocycles. The van der Waals surface area contributed by atoms with Crippen molar-refractivity contribution in [3.8, 4) is 0 Å². The first-order valence-electron chi connectivity index (χ1n) is 6.64. The Morgan fingerprint density at radius 1 is 0.800 bits per heavy atom. The molecule has 0 aromatic heterocycles. The second-order valence-corrected chi connectivity index (χ2v) is 11.6. The van der Waals surface area contributed by atoms with Crippen LogP contribution in [-0.4, -0.2) is 18.1 Å². The fourth-order valence-electron chi connectivity index (χ4n) is 1.96. The molecular weight excluding hydrogens is 216 g/mol. The molecule has 1 nitrogen and oxygen atoms in total. The molecule has 0 aliphatic heterocycles. The maximum absolute atomic E-state index is 6.45. The van der Waals surface area contributed by atoms with Gasteiger partial charge in [-0.2, -0.15) is 0 Å². The SMILES string of the molecule is CC[SiH](CC(C)C)O[SiH](CC)CC(C)C. The van der Waals surface area contributed by atoms with Crippen molar-refractivity contribution in [3.63, 3.8) is 0 Å². The van der Waals surface area contributed by atoms with Gasteiger partial charge in [0.1, 0.15) is 0 Å². The van der Waals surface area contributed by atoms with Gasteiger partial charge in [0.15, 0.2) is 18.1 Å². The topological polar surface area (TPSA) is 9.23 Å². The predicted molar refractivity (Wildman–Crippen MR) is 75.6 cm³/mol. The fourth-order valence-corrected chi connectivity index (χ4v) is 9.34. The second kappa shape index (κ2) is 8.53. The van der Waals surface area contributed by atoms with Gasteiger partial charge in [-0.15, -0.1) is 0 Å². The Morgan fingerprint density at radius 3 is 1.33 bits per heavy atom. The molecule has 0 bridgehead atoms. The van der Waals surface area contributed by atoms with Crippen LogP contribution in [0.1, 0.15) is 41.5 Å². The van der Waals surface area contributed by atoms with Crippen LogP contribution in [0.25, 0.3) is 0 Å². The summed E-state index contributed by atoms with van der Waals surface area (Å²) in [7, 11) is -1.69. The summed E-state index contributed by atoms with van der Waals surface area (Å²) in [6.07, 6.45) is 0. The van der Waals surface area contributed by atoms with E-state index in [9.17, 15) is 0 Å². The van der Waals surface area contributed by atoms with Crippen molar-refractivity contribution in [1.29, 1.82) is 0 Å². The van der Waals surface area contributed by atoms with Crippen molar-refractivity contribution in [3.05, 3.63) is 0 Å². The Morgan fingerprint density at radius 2 is 1.13 bits per heavy atom. The highest BCUT2D eigenvalue weighted by molar-refractivity contribution is 6.66. The molecule has 0 saturated carbocycles. The van der Waals surface area contributed by atoms with Crippen LogP contribution in [0.3, 0.4) is 0 Å². The second-order valence-electron chi connectivity index (χ2n) is 5.46. The van der Waals surface area contributed by atoms with Crippen LogP contribution >= 0.6 is 0 Å². The van der Waals surface area contributed by atoms with E-state index in [2.05, 4.69) is 41.5 Å². The lowest BCUT2D eigenvalue weighted by Gasteiger charge is -2.24. The minimum absolute atomic E-state index is 0.826. The lowest BCUT2D eigenvalue weighted by Crippen LogP contribution is -2.30. The molecule has 2 unspecified atom stereocenters. The van der Waals surface area contributed by atoms with Crippen molar-refractivity contribution >= 4 is 18.1 Å². The van der Waals surface area contributed by atoms with Crippen LogP contribution in [0.15, 0.2) is 0 Å². The zero-order valence-electron chi connectivity index (χ0n) is 11.5. The Hall–Kier alpha value is 0.394. The molecule has 0 aromatic rings. The van der Waals surface area contributed by atoms with Gasteiger partial charge >= 0.3 is 0 Å². The summed E-state index contributed by atoms with van der Waals surface area (Å²) < 4.78 is 6.45. The average Bonchev–Trinajstić information content (AvgIpc) is 2.14. The molecular formula is C12H30OSi2. The van der Waals surface area contributed by atoms with E-state index in [1.54, 1.807) is 0 Å². The van der Waals surface area contributed by atoms with Crippen LogP contribution < -0.4 is 0 Å². The first-order valence-corrected chi connectivity index (χ1v) is 10.9. The van der Waals surface area contributed by atoms with E-state index in [4.69, 9.17) is 4.12 Å². The molecule has 0 spiro atoms. The summed E-state index contributed by atoms with van der Waals surface area (Å²) in [6.45, 7) is 13.9. The smallest absolute Gasteiger partial charge is 0.162 e. The van der Waals surface area contributed by atoms with E-state index in [1.807, 2.05) is 0 Å². The number of hydrogen-bond donors (Lipinski definition) is 0. The molecule has 15 heavy (non-hydrogen) atoms. The van der Waals surface area contributed by atoms with Gasteiger partial charge < -0.3 is 4.12 Å². The summed E-state index contributed by atoms with van der Waals surface area (Å²) in [6, 6.07) is 5.38. The molecule has 0 rings (SSSR count). The van der Waals surface area contributed by atoms with E-state index < -0.39 is 18.1 Å². The highest BCUT2D eigenvalue weighted by Gasteiger charge is 2.18. The zero-order chi connectivity index (χ0) is 11.8. The Kier molecular flexibility index (Phi) is 8.76. The van der Waals surface area contributed by atoms with Crippen LogP contribution in [0, 0.1) is 11.8 Å². The van der Waals surface area contributed by atoms with Gasteiger partial charge in [0, 0.05) is 0 Å². The third-order valence-electron chi connectivity index (χ3n) is 2.76. The van der Waals surface area contributed by atoms with Crippen molar-refractivity contribution in [2.75, 3.05) is 0 Å². The molecule has 0 N–H and O–H groups in total. The quantitative estimate of drug-likeness (QED) is 0.592. The highest BCUT2D eigenvalue weighted by atomic mass is 28.4. The van der Waals surface area contributed by atoms with E-state index >= 15 is 0 Å². The van der Waals surface area contributed by atoms with Gasteiger partial charge in [0.25, 0.3) is 0 Å². The molecule has 0 saturated heterocycles. The number of rotatable bonds is 8. The van der Waals surface area contributed by atoms with Gasteiger partial charge in [-0.25, -0.2) is 0 Å². The third-order valence-corrected chi connectivity index (χ3v) is 10.6. The molecule has 92 valence electrons. The monoisotopic (exact) mass is 246 g/mol. The molecule has 0 aliphatic carbocycles. The standard InChI is InChI=1S/C12H30OSi2/c1-7-14(9-11(3)4)13-15(8-2)10-12(5)6/h11-12,14-15H,7-10H2,1-6H3. The Labute approximate surface area is 100 Å². The van der Waals surface area contributed by atoms with E-state index in [0.717, 1.165) is 11.8 Å². The minimum Gasteiger partial charge on any atom is -0.460 e. The predicted octanol–water partition coefficient (Wildman–Crippen LogP) is 3.80. The largest absolute Gasteiger partial charge is 0.460 e. The van der Waals surface area contributed by atoms with Gasteiger partial charge in [-0.1, -0.05) is 41.5 Å². The summed E-state index contributed by atoms with van der Waals surface area (Å²) in [5, 5.41) is 0. The zero-order valence-corrected chi connectivity index (χ0v) is 13.9. The first-order chi connectivity index (χ1) is 6.99. The highest BCUT2D eigenvalue weighted by Crippen LogP contribution is 2.16. The maximum Gasteiger partial charge on any atom is 0.162 e. The van der Waals surface area contributed by atoms with Gasteiger partial charge in [-0.3, -0.25) is 0 Å². The van der Waals surface area contributed by atoms with E-state index in [-0.39, 0.29) is 0 Å². The third kappa shape index (κ3) is 8.23. The molecule has 2 atom stereocenters. The van der Waals surface area contributed by atoms with Crippen molar-refractivity contribution in [2.24, 2.45) is 11.8 Å². The fraction of sp³-hybridized carbons (Fsp3) is 1.00. The first kappa shape index (κ1) is 15.4. The van der Waals surface area contributed by atoms with Gasteiger partial charge in [0.2, 0.25) is 0 Å². The molecule has 0 amide bonds. The van der Waals surface area contributed by atoms with Crippen molar-refractivity contribution < 1.29 is 4.12 Å². The summed E-state index contributed by atoms with van der Waals surface area (Å²) in [5.74, 6) is 1.65. The summed E-state index contributed by atoms with van der Waals surface area (Å²) in [4.78, 5) is 0. The van der Waals surface area contributed by atoms with Crippen LogP contribution in [0.4, 0.5) is 0 Å². The summed E-state index contributed by atoms with van der Waals surface area (Å²) >= 11 is 0. The number of hydrogen-bond acceptors (Lipinski definition) is 1. The summed E-state index contributed by atoms with van der Waals surface area (Å²) in [5.41, 5.74) is 0. The van der Waals surface area contributed by atoms with Crippen LogP contribution in [-0.2, 0) is 4.12 Å². The van der Waals surface area contributed by atoms with E-state index in [1.165, 1.54) is 24.2 Å². The van der Waals surface area contributed by atoms with Crippen molar-refractivity contribution in [2.45, 2.75) is 65.7 Å². The van der Waals surface area contributed by atoms with Gasteiger partial charge in [-0.05, 0) is 36.0 Å². The Bertz CT molecular complexity index is 133. The molecule has 0 fully saturated rings.